The van der Waals surface area contributed by atoms with Crippen LogP contribution in [0.25, 0.3) is 0 Å². The van der Waals surface area contributed by atoms with Crippen LogP contribution in [0.2, 0.25) is 0 Å². The van der Waals surface area contributed by atoms with Gasteiger partial charge in [-0.1, -0.05) is 15.9 Å². The highest BCUT2D eigenvalue weighted by molar-refractivity contribution is 9.10. The molecule has 1 amide bonds. The van der Waals surface area contributed by atoms with E-state index < -0.39 is 0 Å². The fourth-order valence-electron chi connectivity index (χ4n) is 1.18. The molecule has 0 fully saturated rings. The predicted molar refractivity (Wildman–Crippen MR) is 66.2 cm³/mol. The second-order valence-electron chi connectivity index (χ2n) is 3.18. The lowest BCUT2D eigenvalue weighted by Gasteiger charge is -2.10. The van der Waals surface area contributed by atoms with Crippen molar-refractivity contribution >= 4 is 21.8 Å². The topological polar surface area (TPSA) is 88.1 Å². The van der Waals surface area contributed by atoms with E-state index in [9.17, 15) is 4.79 Å². The van der Waals surface area contributed by atoms with Gasteiger partial charge < -0.3 is 15.8 Å². The van der Waals surface area contributed by atoms with E-state index in [1.807, 2.05) is 18.2 Å². The van der Waals surface area contributed by atoms with Gasteiger partial charge in [-0.25, -0.2) is 0 Å². The van der Waals surface area contributed by atoms with Crippen molar-refractivity contribution in [1.82, 2.24) is 5.32 Å². The second-order valence-corrected chi connectivity index (χ2v) is 4.10. The Balaban J connectivity index is 2.57. The quantitative estimate of drug-likeness (QED) is 0.791. The number of halogens is 1. The van der Waals surface area contributed by atoms with Gasteiger partial charge in [0.1, 0.15) is 12.3 Å². The summed E-state index contributed by atoms with van der Waals surface area (Å²) in [7, 11) is 0. The van der Waals surface area contributed by atoms with Crippen LogP contribution < -0.4 is 15.8 Å². The highest BCUT2D eigenvalue weighted by atomic mass is 79.9. The first-order valence-corrected chi connectivity index (χ1v) is 5.71. The van der Waals surface area contributed by atoms with Gasteiger partial charge >= 0.3 is 0 Å². The molecule has 6 heteroatoms. The Kier molecular flexibility index (Phi) is 5.46. The minimum atomic E-state index is -0.336. The van der Waals surface area contributed by atoms with E-state index >= 15 is 0 Å². The number of nitrogens with two attached hydrogens (primary N) is 1. The van der Waals surface area contributed by atoms with E-state index in [2.05, 4.69) is 21.2 Å². The van der Waals surface area contributed by atoms with Gasteiger partial charge in [-0.3, -0.25) is 4.79 Å². The van der Waals surface area contributed by atoms with E-state index in [1.165, 1.54) is 0 Å². The summed E-state index contributed by atoms with van der Waals surface area (Å²) < 4.78 is 6.22. The van der Waals surface area contributed by atoms with Crippen molar-refractivity contribution in [2.75, 3.05) is 13.2 Å². The standard InChI is InChI=1S/C11H12BrN3O2/c12-9-1-2-10(8(5-9)6-14)17-7-11(16)15-4-3-13/h1-2,5H,4,6-7,14H2,(H,15,16). The maximum Gasteiger partial charge on any atom is 0.258 e. The molecule has 3 N–H and O–H groups in total. The molecule has 0 heterocycles. The van der Waals surface area contributed by atoms with Gasteiger partial charge in [0.2, 0.25) is 0 Å². The van der Waals surface area contributed by atoms with Gasteiger partial charge in [-0.2, -0.15) is 5.26 Å². The number of hydrogen-bond donors (Lipinski definition) is 2. The number of carbonyl (C=O) groups excluding carboxylic acids is 1. The Morgan fingerprint density at radius 3 is 3.00 bits per heavy atom. The third-order valence-electron chi connectivity index (χ3n) is 1.97. The summed E-state index contributed by atoms with van der Waals surface area (Å²) in [5, 5.41) is 10.7. The zero-order valence-electron chi connectivity index (χ0n) is 9.07. The molecule has 1 rings (SSSR count). The van der Waals surface area contributed by atoms with Crippen molar-refractivity contribution in [3.05, 3.63) is 28.2 Å². The Hall–Kier alpha value is -1.58. The van der Waals surface area contributed by atoms with Gasteiger partial charge in [0.15, 0.2) is 6.61 Å². The molecule has 0 radical (unpaired) electrons. The fraction of sp³-hybridized carbons (Fsp3) is 0.273. The highest BCUT2D eigenvalue weighted by Gasteiger charge is 2.06. The van der Waals surface area contributed by atoms with Gasteiger partial charge in [-0.05, 0) is 18.2 Å². The zero-order valence-corrected chi connectivity index (χ0v) is 10.7. The number of rotatable bonds is 5. The van der Waals surface area contributed by atoms with Crippen LogP contribution in [0.1, 0.15) is 5.56 Å². The molecule has 0 atom stereocenters. The Bertz CT molecular complexity index is 443. The largest absolute Gasteiger partial charge is 0.483 e. The normalized spacial score (nSPS) is 9.47. The number of amides is 1. The smallest absolute Gasteiger partial charge is 0.258 e. The molecule has 0 saturated heterocycles. The lowest BCUT2D eigenvalue weighted by Crippen LogP contribution is -2.29. The van der Waals surface area contributed by atoms with Crippen LogP contribution in [0.15, 0.2) is 22.7 Å². The first-order chi connectivity index (χ1) is 8.17. The van der Waals surface area contributed by atoms with Crippen LogP contribution in [0.3, 0.4) is 0 Å². The molecular weight excluding hydrogens is 286 g/mol. The monoisotopic (exact) mass is 297 g/mol. The van der Waals surface area contributed by atoms with Crippen LogP contribution in [0, 0.1) is 11.3 Å². The van der Waals surface area contributed by atoms with Crippen LogP contribution >= 0.6 is 15.9 Å². The van der Waals surface area contributed by atoms with Crippen molar-refractivity contribution in [2.45, 2.75) is 6.54 Å². The summed E-state index contributed by atoms with van der Waals surface area (Å²) in [4.78, 5) is 11.2. The van der Waals surface area contributed by atoms with E-state index in [4.69, 9.17) is 15.7 Å². The SMILES string of the molecule is N#CCNC(=O)COc1ccc(Br)cc1CN. The Morgan fingerprint density at radius 2 is 2.35 bits per heavy atom. The van der Waals surface area contributed by atoms with Crippen LogP contribution in [-0.2, 0) is 11.3 Å². The average molecular weight is 298 g/mol. The van der Waals surface area contributed by atoms with Crippen LogP contribution in [-0.4, -0.2) is 19.1 Å². The zero-order chi connectivity index (χ0) is 12.7. The lowest BCUT2D eigenvalue weighted by atomic mass is 10.2. The summed E-state index contributed by atoms with van der Waals surface area (Å²) in [6.45, 7) is 0.178. The molecule has 0 bridgehead atoms. The first kappa shape index (κ1) is 13.5. The molecule has 0 saturated carbocycles. The van der Waals surface area contributed by atoms with Crippen molar-refractivity contribution in [3.63, 3.8) is 0 Å². The van der Waals surface area contributed by atoms with E-state index in [-0.39, 0.29) is 19.1 Å². The second kappa shape index (κ2) is 6.89. The summed E-state index contributed by atoms with van der Waals surface area (Å²) in [5.41, 5.74) is 6.37. The summed E-state index contributed by atoms with van der Waals surface area (Å²) in [6.07, 6.45) is 0. The van der Waals surface area contributed by atoms with E-state index in [0.717, 1.165) is 10.0 Å². The van der Waals surface area contributed by atoms with Gasteiger partial charge in [0, 0.05) is 16.6 Å². The molecule has 1 aromatic carbocycles. The number of nitrogens with one attached hydrogen (secondary N) is 1. The maximum absolute atomic E-state index is 11.2. The van der Waals surface area contributed by atoms with E-state index in [0.29, 0.717) is 12.3 Å². The van der Waals surface area contributed by atoms with Crippen LogP contribution in [0.5, 0.6) is 5.75 Å². The minimum Gasteiger partial charge on any atom is -0.483 e. The predicted octanol–water partition coefficient (Wildman–Crippen LogP) is 0.926. The van der Waals surface area contributed by atoms with Crippen molar-refractivity contribution in [3.8, 4) is 11.8 Å². The molecule has 5 nitrogen and oxygen atoms in total. The number of nitriles is 1. The third kappa shape index (κ3) is 4.43. The number of ether oxygens (including phenoxy) is 1. The number of benzene rings is 1. The molecular formula is C11H12BrN3O2. The fourth-order valence-corrected chi connectivity index (χ4v) is 1.59. The maximum atomic E-state index is 11.2. The first-order valence-electron chi connectivity index (χ1n) is 4.92. The van der Waals surface area contributed by atoms with Crippen molar-refractivity contribution < 1.29 is 9.53 Å². The number of hydrogen-bond acceptors (Lipinski definition) is 4. The lowest BCUT2D eigenvalue weighted by molar-refractivity contribution is -0.122. The Morgan fingerprint density at radius 1 is 1.59 bits per heavy atom. The van der Waals surface area contributed by atoms with Crippen molar-refractivity contribution in [2.24, 2.45) is 5.73 Å². The molecule has 0 aromatic heterocycles. The Labute approximate surface area is 108 Å². The van der Waals surface area contributed by atoms with Crippen LogP contribution in [0.4, 0.5) is 0 Å². The molecule has 0 aliphatic heterocycles. The molecule has 90 valence electrons. The van der Waals surface area contributed by atoms with E-state index in [1.54, 1.807) is 6.07 Å². The number of carbonyl (C=O) groups is 1. The molecule has 1 aromatic rings. The molecule has 0 spiro atoms. The highest BCUT2D eigenvalue weighted by Crippen LogP contribution is 2.22. The third-order valence-corrected chi connectivity index (χ3v) is 2.46. The summed E-state index contributed by atoms with van der Waals surface area (Å²) >= 11 is 3.32. The molecule has 0 aliphatic carbocycles. The molecule has 17 heavy (non-hydrogen) atoms. The number of nitrogens with zero attached hydrogens (tertiary/aromatic N) is 1. The summed E-state index contributed by atoms with van der Waals surface area (Å²) in [5.74, 6) is 0.236. The van der Waals surface area contributed by atoms with Crippen molar-refractivity contribution in [1.29, 1.82) is 5.26 Å². The van der Waals surface area contributed by atoms with Gasteiger partial charge in [0.05, 0.1) is 6.07 Å². The van der Waals surface area contributed by atoms with Gasteiger partial charge in [0.25, 0.3) is 5.91 Å². The van der Waals surface area contributed by atoms with Gasteiger partial charge in [-0.15, -0.1) is 0 Å². The minimum absolute atomic E-state index is 0.0216. The molecule has 0 aliphatic rings. The summed E-state index contributed by atoms with van der Waals surface area (Å²) in [6, 6.07) is 7.20. The molecule has 0 unspecified atom stereocenters. The average Bonchev–Trinajstić information content (AvgIpc) is 2.34.